The molecule has 0 atom stereocenters. The highest BCUT2D eigenvalue weighted by Gasteiger charge is 2.13. The Labute approximate surface area is 117 Å². The number of ether oxygens (including phenoxy) is 2. The Morgan fingerprint density at radius 2 is 1.95 bits per heavy atom. The third kappa shape index (κ3) is 3.18. The first kappa shape index (κ1) is 14.1. The molecule has 0 spiro atoms. The smallest absolute Gasteiger partial charge is 0.241 e. The Bertz CT molecular complexity index is 552. The van der Waals surface area contributed by atoms with Gasteiger partial charge in [0, 0.05) is 32.1 Å². The van der Waals surface area contributed by atoms with Crippen LogP contribution < -0.4 is 10.1 Å². The Morgan fingerprint density at radius 3 is 2.65 bits per heavy atom. The van der Waals surface area contributed by atoms with E-state index in [1.165, 1.54) is 0 Å². The summed E-state index contributed by atoms with van der Waals surface area (Å²) in [6, 6.07) is 1.81. The lowest BCUT2D eigenvalue weighted by Gasteiger charge is -2.09. The zero-order valence-corrected chi connectivity index (χ0v) is 11.8. The van der Waals surface area contributed by atoms with Gasteiger partial charge in [-0.3, -0.25) is 0 Å². The maximum Gasteiger partial charge on any atom is 0.241 e. The number of aromatic nitrogens is 4. The van der Waals surface area contributed by atoms with Crippen LogP contribution in [-0.2, 0) is 11.3 Å². The molecule has 2 rings (SSSR count). The Morgan fingerprint density at radius 1 is 1.15 bits per heavy atom. The third-order valence-electron chi connectivity index (χ3n) is 2.50. The van der Waals surface area contributed by atoms with E-state index >= 15 is 0 Å². The summed E-state index contributed by atoms with van der Waals surface area (Å²) in [5, 5.41) is 3.16. The van der Waals surface area contributed by atoms with Crippen LogP contribution in [0.2, 0.25) is 0 Å². The highest BCUT2D eigenvalue weighted by molar-refractivity contribution is 5.63. The van der Waals surface area contributed by atoms with Gasteiger partial charge in [0.2, 0.25) is 5.88 Å². The molecule has 0 unspecified atom stereocenters. The predicted molar refractivity (Wildman–Crippen MR) is 74.5 cm³/mol. The summed E-state index contributed by atoms with van der Waals surface area (Å²) in [4.78, 5) is 17.2. The van der Waals surface area contributed by atoms with Crippen LogP contribution in [0.25, 0.3) is 11.4 Å². The van der Waals surface area contributed by atoms with Crippen molar-refractivity contribution >= 4 is 5.82 Å². The number of hydrogen-bond acceptors (Lipinski definition) is 7. The molecule has 0 bridgehead atoms. The molecule has 0 radical (unpaired) electrons. The minimum atomic E-state index is 0.328. The van der Waals surface area contributed by atoms with Gasteiger partial charge in [-0.05, 0) is 6.92 Å². The lowest BCUT2D eigenvalue weighted by atomic mass is 10.3. The molecule has 0 fully saturated rings. The largest absolute Gasteiger partial charge is 0.479 e. The Kier molecular flexibility index (Phi) is 4.78. The summed E-state index contributed by atoms with van der Waals surface area (Å²) in [6.45, 7) is 3.09. The number of nitrogens with zero attached hydrogens (tertiary/aromatic N) is 4. The summed E-state index contributed by atoms with van der Waals surface area (Å²) in [5.41, 5.74) is 1.22. The van der Waals surface area contributed by atoms with Crippen LogP contribution in [0.3, 0.4) is 0 Å². The van der Waals surface area contributed by atoms with Gasteiger partial charge < -0.3 is 14.8 Å². The van der Waals surface area contributed by atoms with Crippen LogP contribution >= 0.6 is 0 Å². The van der Waals surface area contributed by atoms with E-state index in [1.54, 1.807) is 26.6 Å². The van der Waals surface area contributed by atoms with Crippen molar-refractivity contribution in [2.24, 2.45) is 0 Å². The van der Waals surface area contributed by atoms with E-state index < -0.39 is 0 Å². The molecule has 2 aromatic heterocycles. The van der Waals surface area contributed by atoms with E-state index in [0.29, 0.717) is 29.7 Å². The van der Waals surface area contributed by atoms with Gasteiger partial charge in [-0.2, -0.15) is 0 Å². The first-order valence-corrected chi connectivity index (χ1v) is 6.24. The fourth-order valence-electron chi connectivity index (χ4n) is 1.73. The quantitative estimate of drug-likeness (QED) is 0.855. The van der Waals surface area contributed by atoms with Gasteiger partial charge in [0.05, 0.1) is 7.11 Å². The average Bonchev–Trinajstić information content (AvgIpc) is 2.47. The lowest BCUT2D eigenvalue weighted by molar-refractivity contribution is 0.178. The van der Waals surface area contributed by atoms with E-state index in [4.69, 9.17) is 9.47 Å². The molecular weight excluding hydrogens is 258 g/mol. The second-order valence-electron chi connectivity index (χ2n) is 3.93. The molecule has 0 amide bonds. The topological polar surface area (TPSA) is 82.1 Å². The number of anilines is 1. The van der Waals surface area contributed by atoms with Crippen molar-refractivity contribution < 1.29 is 9.47 Å². The molecule has 0 aliphatic rings. The number of hydrogen-bond donors (Lipinski definition) is 1. The molecule has 0 aliphatic carbocycles. The van der Waals surface area contributed by atoms with Crippen LogP contribution in [0.15, 0.2) is 18.5 Å². The Balaban J connectivity index is 2.48. The van der Waals surface area contributed by atoms with Gasteiger partial charge in [-0.15, -0.1) is 0 Å². The van der Waals surface area contributed by atoms with E-state index in [-0.39, 0.29) is 0 Å². The summed E-state index contributed by atoms with van der Waals surface area (Å²) in [6.07, 6.45) is 3.17. The minimum Gasteiger partial charge on any atom is -0.479 e. The number of rotatable bonds is 6. The van der Waals surface area contributed by atoms with Crippen LogP contribution in [-0.4, -0.2) is 40.7 Å². The van der Waals surface area contributed by atoms with E-state index in [1.807, 2.05) is 13.0 Å². The fourth-order valence-corrected chi connectivity index (χ4v) is 1.73. The maximum absolute atomic E-state index is 5.21. The summed E-state index contributed by atoms with van der Waals surface area (Å²) in [5.74, 6) is 1.72. The molecule has 0 aliphatic heterocycles. The zero-order chi connectivity index (χ0) is 14.4. The van der Waals surface area contributed by atoms with Crippen molar-refractivity contribution in [2.45, 2.75) is 13.5 Å². The summed E-state index contributed by atoms with van der Waals surface area (Å²) >= 11 is 0. The zero-order valence-electron chi connectivity index (χ0n) is 11.8. The molecule has 2 heterocycles. The van der Waals surface area contributed by atoms with Gasteiger partial charge in [0.15, 0.2) is 11.5 Å². The van der Waals surface area contributed by atoms with E-state index in [0.717, 1.165) is 12.4 Å². The first-order valence-electron chi connectivity index (χ1n) is 6.24. The van der Waals surface area contributed by atoms with E-state index in [2.05, 4.69) is 25.3 Å². The van der Waals surface area contributed by atoms with Crippen LogP contribution in [0.4, 0.5) is 5.82 Å². The molecule has 0 aromatic carbocycles. The van der Waals surface area contributed by atoms with Crippen molar-refractivity contribution in [3.8, 4) is 17.3 Å². The highest BCUT2D eigenvalue weighted by Crippen LogP contribution is 2.25. The molecule has 7 heteroatoms. The second-order valence-corrected chi connectivity index (χ2v) is 3.93. The van der Waals surface area contributed by atoms with E-state index in [9.17, 15) is 0 Å². The highest BCUT2D eigenvalue weighted by atomic mass is 16.5. The molecule has 0 saturated carbocycles. The molecular formula is C13H17N5O2. The van der Waals surface area contributed by atoms with Crippen molar-refractivity contribution in [2.75, 3.05) is 26.1 Å². The summed E-state index contributed by atoms with van der Waals surface area (Å²) in [7, 11) is 3.15. The molecule has 106 valence electrons. The van der Waals surface area contributed by atoms with Crippen LogP contribution in [0, 0.1) is 0 Å². The second kappa shape index (κ2) is 6.76. The van der Waals surface area contributed by atoms with Crippen molar-refractivity contribution in [1.82, 2.24) is 19.9 Å². The monoisotopic (exact) mass is 275 g/mol. The number of nitrogens with one attached hydrogen (secondary N) is 1. The molecule has 7 nitrogen and oxygen atoms in total. The van der Waals surface area contributed by atoms with Crippen molar-refractivity contribution in [3.63, 3.8) is 0 Å². The van der Waals surface area contributed by atoms with Gasteiger partial charge in [-0.1, -0.05) is 0 Å². The normalized spacial score (nSPS) is 10.3. The predicted octanol–water partition coefficient (Wildman–Crippen LogP) is 1.52. The molecule has 2 aromatic rings. The summed E-state index contributed by atoms with van der Waals surface area (Å²) < 4.78 is 10.3. The average molecular weight is 275 g/mol. The van der Waals surface area contributed by atoms with Gasteiger partial charge in [0.1, 0.15) is 18.1 Å². The standard InChI is InChI=1S/C13H17N5O2/c1-4-14-10-7-9(17-11(18-10)8-19-2)12-13(20-3)16-6-5-15-12/h5-7H,4,8H2,1-3H3,(H,14,17,18). The molecule has 1 N–H and O–H groups in total. The minimum absolute atomic E-state index is 0.328. The Hall–Kier alpha value is -2.28. The van der Waals surface area contributed by atoms with Crippen molar-refractivity contribution in [3.05, 3.63) is 24.3 Å². The van der Waals surface area contributed by atoms with Crippen LogP contribution in [0.1, 0.15) is 12.7 Å². The molecule has 0 saturated heterocycles. The maximum atomic E-state index is 5.21. The van der Waals surface area contributed by atoms with Gasteiger partial charge in [-0.25, -0.2) is 19.9 Å². The third-order valence-corrected chi connectivity index (χ3v) is 2.50. The first-order chi connectivity index (χ1) is 9.78. The van der Waals surface area contributed by atoms with Crippen LogP contribution in [0.5, 0.6) is 5.88 Å². The fraction of sp³-hybridized carbons (Fsp3) is 0.385. The lowest BCUT2D eigenvalue weighted by Crippen LogP contribution is -2.06. The van der Waals surface area contributed by atoms with Gasteiger partial charge >= 0.3 is 0 Å². The molecule has 20 heavy (non-hydrogen) atoms. The van der Waals surface area contributed by atoms with Gasteiger partial charge in [0.25, 0.3) is 0 Å². The number of methoxy groups -OCH3 is 2. The SMILES string of the molecule is CCNc1cc(-c2nccnc2OC)nc(COC)n1. The van der Waals surface area contributed by atoms with Crippen molar-refractivity contribution in [1.29, 1.82) is 0 Å².